The SMILES string of the molecule is Cc1ccccc1C(C(C)N)N(CC(C)C)CC(C)C. The van der Waals surface area contributed by atoms with Crippen LogP contribution in [0, 0.1) is 18.8 Å². The maximum atomic E-state index is 6.35. The summed E-state index contributed by atoms with van der Waals surface area (Å²) in [6.45, 7) is 15.6. The van der Waals surface area contributed by atoms with Crippen molar-refractivity contribution in [3.63, 3.8) is 0 Å². The lowest BCUT2D eigenvalue weighted by molar-refractivity contribution is 0.139. The predicted octanol–water partition coefficient (Wildman–Crippen LogP) is 4.00. The van der Waals surface area contributed by atoms with Crippen molar-refractivity contribution in [2.24, 2.45) is 17.6 Å². The Kier molecular flexibility index (Phi) is 6.70. The Morgan fingerprint density at radius 1 is 0.950 bits per heavy atom. The Labute approximate surface area is 125 Å². The minimum Gasteiger partial charge on any atom is -0.326 e. The molecule has 0 aromatic heterocycles. The van der Waals surface area contributed by atoms with E-state index in [-0.39, 0.29) is 6.04 Å². The molecule has 2 N–H and O–H groups in total. The van der Waals surface area contributed by atoms with Gasteiger partial charge in [0.05, 0.1) is 0 Å². The van der Waals surface area contributed by atoms with E-state index in [0.29, 0.717) is 17.9 Å². The van der Waals surface area contributed by atoms with E-state index in [1.807, 2.05) is 0 Å². The van der Waals surface area contributed by atoms with Gasteiger partial charge in [-0.25, -0.2) is 0 Å². The maximum Gasteiger partial charge on any atom is 0.0499 e. The van der Waals surface area contributed by atoms with Crippen LogP contribution in [0.2, 0.25) is 0 Å². The van der Waals surface area contributed by atoms with Gasteiger partial charge in [0.15, 0.2) is 0 Å². The summed E-state index contributed by atoms with van der Waals surface area (Å²) in [6.07, 6.45) is 0. The molecule has 0 fully saturated rings. The van der Waals surface area contributed by atoms with Crippen LogP contribution in [0.15, 0.2) is 24.3 Å². The van der Waals surface area contributed by atoms with E-state index in [1.54, 1.807) is 0 Å². The zero-order valence-electron chi connectivity index (χ0n) is 14.1. The Balaban J connectivity index is 3.10. The number of benzene rings is 1. The Hall–Kier alpha value is -0.860. The van der Waals surface area contributed by atoms with Crippen LogP contribution in [0.1, 0.15) is 51.8 Å². The Morgan fingerprint density at radius 2 is 1.45 bits per heavy atom. The van der Waals surface area contributed by atoms with Crippen LogP contribution in [-0.2, 0) is 0 Å². The van der Waals surface area contributed by atoms with Crippen molar-refractivity contribution in [3.05, 3.63) is 35.4 Å². The highest BCUT2D eigenvalue weighted by atomic mass is 15.2. The van der Waals surface area contributed by atoms with E-state index in [0.717, 1.165) is 13.1 Å². The normalized spacial score (nSPS) is 15.1. The lowest BCUT2D eigenvalue weighted by Crippen LogP contribution is -2.43. The van der Waals surface area contributed by atoms with Gasteiger partial charge in [0, 0.05) is 25.2 Å². The summed E-state index contributed by atoms with van der Waals surface area (Å²) >= 11 is 0. The first-order valence-electron chi connectivity index (χ1n) is 7.88. The van der Waals surface area contributed by atoms with Gasteiger partial charge in [-0.1, -0.05) is 52.0 Å². The molecule has 0 heterocycles. The van der Waals surface area contributed by atoms with E-state index in [2.05, 4.69) is 70.7 Å². The van der Waals surface area contributed by atoms with Gasteiger partial charge in [-0.3, -0.25) is 4.90 Å². The fourth-order valence-electron chi connectivity index (χ4n) is 2.97. The molecule has 1 rings (SSSR count). The molecule has 0 radical (unpaired) electrons. The van der Waals surface area contributed by atoms with Gasteiger partial charge in [0.2, 0.25) is 0 Å². The largest absolute Gasteiger partial charge is 0.326 e. The molecule has 0 aliphatic heterocycles. The van der Waals surface area contributed by atoms with Gasteiger partial charge in [-0.15, -0.1) is 0 Å². The van der Waals surface area contributed by atoms with Crippen molar-refractivity contribution < 1.29 is 0 Å². The number of hydrogen-bond donors (Lipinski definition) is 1. The summed E-state index contributed by atoms with van der Waals surface area (Å²) in [4.78, 5) is 2.57. The molecular formula is C18H32N2. The summed E-state index contributed by atoms with van der Waals surface area (Å²) < 4.78 is 0. The smallest absolute Gasteiger partial charge is 0.0499 e. The zero-order valence-corrected chi connectivity index (χ0v) is 14.1. The lowest BCUT2D eigenvalue weighted by atomic mass is 9.93. The van der Waals surface area contributed by atoms with Crippen LogP contribution in [0.4, 0.5) is 0 Å². The monoisotopic (exact) mass is 276 g/mol. The van der Waals surface area contributed by atoms with E-state index in [1.165, 1.54) is 11.1 Å². The molecule has 2 nitrogen and oxygen atoms in total. The number of rotatable bonds is 7. The second-order valence-electron chi connectivity index (χ2n) is 6.90. The van der Waals surface area contributed by atoms with Gasteiger partial charge in [-0.05, 0) is 36.8 Å². The molecule has 0 saturated carbocycles. The van der Waals surface area contributed by atoms with E-state index in [4.69, 9.17) is 5.73 Å². The zero-order chi connectivity index (χ0) is 15.3. The second kappa shape index (κ2) is 7.80. The van der Waals surface area contributed by atoms with Gasteiger partial charge in [0.1, 0.15) is 0 Å². The van der Waals surface area contributed by atoms with Gasteiger partial charge in [0.25, 0.3) is 0 Å². The molecule has 114 valence electrons. The van der Waals surface area contributed by atoms with Gasteiger partial charge < -0.3 is 5.73 Å². The molecule has 0 spiro atoms. The van der Waals surface area contributed by atoms with Crippen LogP contribution < -0.4 is 5.73 Å². The predicted molar refractivity (Wildman–Crippen MR) is 88.8 cm³/mol. The third-order valence-electron chi connectivity index (χ3n) is 3.60. The molecule has 1 aromatic carbocycles. The van der Waals surface area contributed by atoms with E-state index >= 15 is 0 Å². The summed E-state index contributed by atoms with van der Waals surface area (Å²) in [5.74, 6) is 1.30. The van der Waals surface area contributed by atoms with Gasteiger partial charge in [-0.2, -0.15) is 0 Å². The quantitative estimate of drug-likeness (QED) is 0.815. The van der Waals surface area contributed by atoms with Crippen molar-refractivity contribution in [2.45, 2.75) is 53.6 Å². The van der Waals surface area contributed by atoms with Crippen molar-refractivity contribution in [1.29, 1.82) is 0 Å². The minimum absolute atomic E-state index is 0.133. The molecule has 0 bridgehead atoms. The van der Waals surface area contributed by atoms with Crippen molar-refractivity contribution >= 4 is 0 Å². The van der Waals surface area contributed by atoms with Crippen LogP contribution in [-0.4, -0.2) is 24.0 Å². The van der Waals surface area contributed by atoms with Crippen LogP contribution in [0.3, 0.4) is 0 Å². The molecule has 2 unspecified atom stereocenters. The molecule has 0 amide bonds. The summed E-state index contributed by atoms with van der Waals surface area (Å²) in [7, 11) is 0. The van der Waals surface area contributed by atoms with Crippen molar-refractivity contribution in [3.8, 4) is 0 Å². The van der Waals surface area contributed by atoms with E-state index < -0.39 is 0 Å². The van der Waals surface area contributed by atoms with Crippen LogP contribution in [0.25, 0.3) is 0 Å². The molecule has 20 heavy (non-hydrogen) atoms. The fourth-order valence-corrected chi connectivity index (χ4v) is 2.97. The lowest BCUT2D eigenvalue weighted by Gasteiger charge is -2.37. The molecule has 0 aliphatic carbocycles. The summed E-state index contributed by atoms with van der Waals surface area (Å²) in [6, 6.07) is 9.09. The Morgan fingerprint density at radius 3 is 1.85 bits per heavy atom. The molecule has 0 saturated heterocycles. The number of nitrogens with two attached hydrogens (primary N) is 1. The standard InChI is InChI=1S/C18H32N2/c1-13(2)11-20(12-14(3)4)18(16(6)19)17-10-8-7-9-15(17)5/h7-10,13-14,16,18H,11-12,19H2,1-6H3. The highest BCUT2D eigenvalue weighted by molar-refractivity contribution is 5.30. The maximum absolute atomic E-state index is 6.35. The topological polar surface area (TPSA) is 29.3 Å². The first-order valence-corrected chi connectivity index (χ1v) is 7.88. The van der Waals surface area contributed by atoms with Crippen LogP contribution >= 0.6 is 0 Å². The number of hydrogen-bond acceptors (Lipinski definition) is 2. The molecule has 0 aliphatic rings. The molecular weight excluding hydrogens is 244 g/mol. The molecule has 2 heteroatoms. The Bertz CT molecular complexity index is 386. The average Bonchev–Trinajstić information content (AvgIpc) is 2.29. The summed E-state index contributed by atoms with van der Waals surface area (Å²) in [5.41, 5.74) is 9.07. The highest BCUT2D eigenvalue weighted by Crippen LogP contribution is 2.28. The van der Waals surface area contributed by atoms with Crippen LogP contribution in [0.5, 0.6) is 0 Å². The third-order valence-corrected chi connectivity index (χ3v) is 3.60. The minimum atomic E-state index is 0.133. The first-order chi connectivity index (χ1) is 9.32. The molecule has 1 aromatic rings. The fraction of sp³-hybridized carbons (Fsp3) is 0.667. The second-order valence-corrected chi connectivity index (χ2v) is 6.90. The van der Waals surface area contributed by atoms with Crippen molar-refractivity contribution in [2.75, 3.05) is 13.1 Å². The first kappa shape index (κ1) is 17.2. The number of aryl methyl sites for hydroxylation is 1. The highest BCUT2D eigenvalue weighted by Gasteiger charge is 2.26. The van der Waals surface area contributed by atoms with Crippen molar-refractivity contribution in [1.82, 2.24) is 4.90 Å². The third kappa shape index (κ3) is 4.92. The summed E-state index contributed by atoms with van der Waals surface area (Å²) in [5, 5.41) is 0. The van der Waals surface area contributed by atoms with E-state index in [9.17, 15) is 0 Å². The molecule has 2 atom stereocenters. The number of nitrogens with zero attached hydrogens (tertiary/aromatic N) is 1. The van der Waals surface area contributed by atoms with Gasteiger partial charge >= 0.3 is 0 Å². The average molecular weight is 276 g/mol.